The molecular formula is C15H24O3. The van der Waals surface area contributed by atoms with Crippen molar-refractivity contribution in [3.05, 3.63) is 0 Å². The molecule has 0 aromatic rings. The molecule has 0 saturated heterocycles. The highest BCUT2D eigenvalue weighted by molar-refractivity contribution is 5.71. The van der Waals surface area contributed by atoms with Crippen LogP contribution >= 0.6 is 0 Å². The average Bonchev–Trinajstić information content (AvgIpc) is 3.00. The van der Waals surface area contributed by atoms with Gasteiger partial charge in [-0.2, -0.15) is 0 Å². The van der Waals surface area contributed by atoms with Crippen molar-refractivity contribution >= 4 is 5.97 Å². The van der Waals surface area contributed by atoms with Gasteiger partial charge in [0.1, 0.15) is 0 Å². The highest BCUT2D eigenvalue weighted by atomic mass is 16.7. The summed E-state index contributed by atoms with van der Waals surface area (Å²) in [4.78, 5) is 11.4. The number of ether oxygens (including phenoxy) is 2. The first-order chi connectivity index (χ1) is 8.66. The van der Waals surface area contributed by atoms with Gasteiger partial charge in [0.05, 0.1) is 12.0 Å². The van der Waals surface area contributed by atoms with Crippen molar-refractivity contribution in [2.45, 2.75) is 52.1 Å². The zero-order valence-electron chi connectivity index (χ0n) is 11.4. The van der Waals surface area contributed by atoms with Crippen LogP contribution in [0.25, 0.3) is 0 Å². The largest absolute Gasteiger partial charge is 0.438 e. The molecular weight excluding hydrogens is 228 g/mol. The lowest BCUT2D eigenvalue weighted by atomic mass is 9.80. The number of esters is 1. The van der Waals surface area contributed by atoms with Crippen molar-refractivity contribution in [3.8, 4) is 0 Å². The van der Waals surface area contributed by atoms with Crippen molar-refractivity contribution in [1.82, 2.24) is 0 Å². The Labute approximate surface area is 109 Å². The molecule has 0 spiro atoms. The topological polar surface area (TPSA) is 35.5 Å². The number of hydrogen-bond acceptors (Lipinski definition) is 3. The molecule has 3 heteroatoms. The van der Waals surface area contributed by atoms with Gasteiger partial charge in [-0.05, 0) is 49.4 Å². The fourth-order valence-electron chi connectivity index (χ4n) is 4.54. The Morgan fingerprint density at radius 2 is 1.94 bits per heavy atom. The van der Waals surface area contributed by atoms with E-state index in [-0.39, 0.29) is 18.7 Å². The number of rotatable bonds is 4. The van der Waals surface area contributed by atoms with Crippen molar-refractivity contribution in [3.63, 3.8) is 0 Å². The molecule has 3 fully saturated rings. The second-order valence-corrected chi connectivity index (χ2v) is 6.59. The predicted octanol–water partition coefficient (Wildman–Crippen LogP) is 2.98. The number of carbonyl (C=O) groups excluding carboxylic acids is 1. The lowest BCUT2D eigenvalue weighted by Gasteiger charge is -2.31. The van der Waals surface area contributed by atoms with Crippen LogP contribution in [0.1, 0.15) is 46.0 Å². The summed E-state index contributed by atoms with van der Waals surface area (Å²) in [6.45, 7) is 3.86. The zero-order chi connectivity index (χ0) is 12.7. The Balaban J connectivity index is 1.47. The van der Waals surface area contributed by atoms with Crippen LogP contribution in [0.4, 0.5) is 0 Å². The molecule has 0 amide bonds. The Morgan fingerprint density at radius 3 is 2.72 bits per heavy atom. The van der Waals surface area contributed by atoms with Crippen LogP contribution in [-0.4, -0.2) is 18.9 Å². The zero-order valence-corrected chi connectivity index (χ0v) is 11.4. The van der Waals surface area contributed by atoms with Gasteiger partial charge in [-0.25, -0.2) is 0 Å². The van der Waals surface area contributed by atoms with E-state index in [0.717, 1.165) is 23.7 Å². The Bertz CT molecular complexity index is 326. The van der Waals surface area contributed by atoms with E-state index in [1.54, 1.807) is 0 Å². The van der Waals surface area contributed by atoms with E-state index in [4.69, 9.17) is 9.47 Å². The second kappa shape index (κ2) is 4.84. The molecule has 0 aromatic carbocycles. The third kappa shape index (κ3) is 2.07. The molecule has 18 heavy (non-hydrogen) atoms. The fraction of sp³-hybridized carbons (Fsp3) is 0.933. The van der Waals surface area contributed by atoms with Crippen LogP contribution in [0.15, 0.2) is 0 Å². The van der Waals surface area contributed by atoms with Gasteiger partial charge in [0.25, 0.3) is 0 Å². The van der Waals surface area contributed by atoms with E-state index in [0.29, 0.717) is 6.10 Å². The van der Waals surface area contributed by atoms with Crippen LogP contribution in [0, 0.1) is 29.6 Å². The van der Waals surface area contributed by atoms with E-state index in [2.05, 4.69) is 0 Å². The van der Waals surface area contributed by atoms with Crippen molar-refractivity contribution < 1.29 is 14.3 Å². The number of hydrogen-bond donors (Lipinski definition) is 0. The van der Waals surface area contributed by atoms with E-state index < -0.39 is 0 Å². The third-order valence-corrected chi connectivity index (χ3v) is 5.32. The first-order valence-electron chi connectivity index (χ1n) is 7.45. The van der Waals surface area contributed by atoms with Gasteiger partial charge in [0.2, 0.25) is 0 Å². The second-order valence-electron chi connectivity index (χ2n) is 6.59. The van der Waals surface area contributed by atoms with Crippen LogP contribution in [0.3, 0.4) is 0 Å². The summed E-state index contributed by atoms with van der Waals surface area (Å²) in [5.41, 5.74) is 0. The lowest BCUT2D eigenvalue weighted by molar-refractivity contribution is -0.168. The predicted molar refractivity (Wildman–Crippen MR) is 67.7 cm³/mol. The van der Waals surface area contributed by atoms with Crippen LogP contribution in [0.5, 0.6) is 0 Å². The maximum absolute atomic E-state index is 11.4. The fourth-order valence-corrected chi connectivity index (χ4v) is 4.54. The molecule has 5 unspecified atom stereocenters. The first-order valence-corrected chi connectivity index (χ1v) is 7.45. The molecule has 3 aliphatic rings. The molecule has 3 nitrogen and oxygen atoms in total. The molecule has 2 bridgehead atoms. The number of fused-ring (bicyclic) bond motifs is 5. The van der Waals surface area contributed by atoms with Gasteiger partial charge in [-0.15, -0.1) is 0 Å². The first kappa shape index (κ1) is 12.5. The molecule has 0 aromatic heterocycles. The normalized spacial score (nSPS) is 41.4. The number of carbonyl (C=O) groups is 1. The SMILES string of the molecule is CC(C)C(=O)OCOC1CC2CC1C1CCCC21. The standard InChI is InChI=1S/C15H24O3/c1-9(2)15(16)18-8-17-14-7-10-6-13(14)12-5-3-4-11(10)12/h9-14H,3-8H2,1-2H3. The van der Waals surface area contributed by atoms with Gasteiger partial charge in [0.15, 0.2) is 6.79 Å². The average molecular weight is 252 g/mol. The maximum Gasteiger partial charge on any atom is 0.310 e. The van der Waals surface area contributed by atoms with Crippen LogP contribution < -0.4 is 0 Å². The van der Waals surface area contributed by atoms with Gasteiger partial charge < -0.3 is 9.47 Å². The van der Waals surface area contributed by atoms with Crippen LogP contribution in [-0.2, 0) is 14.3 Å². The molecule has 3 rings (SSSR count). The van der Waals surface area contributed by atoms with Gasteiger partial charge in [0, 0.05) is 0 Å². The summed E-state index contributed by atoms with van der Waals surface area (Å²) in [5, 5.41) is 0. The molecule has 0 N–H and O–H groups in total. The summed E-state index contributed by atoms with van der Waals surface area (Å²) >= 11 is 0. The smallest absolute Gasteiger partial charge is 0.310 e. The van der Waals surface area contributed by atoms with Gasteiger partial charge in [-0.1, -0.05) is 20.3 Å². The van der Waals surface area contributed by atoms with Crippen molar-refractivity contribution in [2.24, 2.45) is 29.6 Å². The van der Waals surface area contributed by atoms with E-state index in [1.165, 1.54) is 32.1 Å². The quantitative estimate of drug-likeness (QED) is 0.570. The Hall–Kier alpha value is -0.570. The maximum atomic E-state index is 11.4. The minimum absolute atomic E-state index is 0.0622. The summed E-state index contributed by atoms with van der Waals surface area (Å²) < 4.78 is 10.9. The summed E-state index contributed by atoms with van der Waals surface area (Å²) in [5.74, 6) is 3.33. The Morgan fingerprint density at radius 1 is 1.17 bits per heavy atom. The van der Waals surface area contributed by atoms with Gasteiger partial charge >= 0.3 is 5.97 Å². The molecule has 5 atom stereocenters. The summed E-state index contributed by atoms with van der Waals surface area (Å²) in [6.07, 6.45) is 7.17. The molecule has 102 valence electrons. The van der Waals surface area contributed by atoms with Crippen molar-refractivity contribution in [1.29, 1.82) is 0 Å². The molecule has 0 aliphatic heterocycles. The minimum atomic E-state index is -0.156. The third-order valence-electron chi connectivity index (χ3n) is 5.32. The lowest BCUT2D eigenvalue weighted by Crippen LogP contribution is -2.31. The molecule has 0 heterocycles. The van der Waals surface area contributed by atoms with Gasteiger partial charge in [-0.3, -0.25) is 4.79 Å². The highest BCUT2D eigenvalue weighted by Gasteiger charge is 2.54. The van der Waals surface area contributed by atoms with E-state index in [1.807, 2.05) is 13.8 Å². The summed E-state index contributed by atoms with van der Waals surface area (Å²) in [6, 6.07) is 0. The molecule has 3 aliphatic carbocycles. The van der Waals surface area contributed by atoms with E-state index in [9.17, 15) is 4.79 Å². The van der Waals surface area contributed by atoms with E-state index >= 15 is 0 Å². The van der Waals surface area contributed by atoms with Crippen LogP contribution in [0.2, 0.25) is 0 Å². The molecule has 0 radical (unpaired) electrons. The summed E-state index contributed by atoms with van der Waals surface area (Å²) in [7, 11) is 0. The molecule has 3 saturated carbocycles. The highest BCUT2D eigenvalue weighted by Crippen LogP contribution is 2.59. The van der Waals surface area contributed by atoms with Crippen molar-refractivity contribution in [2.75, 3.05) is 6.79 Å². The Kier molecular flexibility index (Phi) is 3.35. The minimum Gasteiger partial charge on any atom is -0.438 e. The monoisotopic (exact) mass is 252 g/mol.